The Morgan fingerprint density at radius 3 is 2.56 bits per heavy atom. The third-order valence-corrected chi connectivity index (χ3v) is 2.93. The van der Waals surface area contributed by atoms with Gasteiger partial charge in [0.05, 0.1) is 18.8 Å². The van der Waals surface area contributed by atoms with E-state index in [4.69, 9.17) is 9.47 Å². The highest BCUT2D eigenvalue weighted by Gasteiger charge is 2.21. The number of rotatable bonds is 8. The van der Waals surface area contributed by atoms with Crippen molar-refractivity contribution in [3.8, 4) is 5.75 Å². The fourth-order valence-electron chi connectivity index (χ4n) is 2.08. The van der Waals surface area contributed by atoms with Crippen molar-refractivity contribution in [1.29, 1.82) is 0 Å². The first kappa shape index (κ1) is 15.0. The van der Waals surface area contributed by atoms with E-state index in [2.05, 4.69) is 25.2 Å². The van der Waals surface area contributed by atoms with Crippen LogP contribution in [0.25, 0.3) is 0 Å². The first-order chi connectivity index (χ1) is 8.74. The molecular weight excluding hydrogens is 226 g/mol. The van der Waals surface area contributed by atoms with Gasteiger partial charge in [-0.3, -0.25) is 0 Å². The quantitative estimate of drug-likeness (QED) is 0.770. The minimum absolute atomic E-state index is 0.117. The molecular formula is C15H25NO2. The van der Waals surface area contributed by atoms with E-state index in [9.17, 15) is 0 Å². The summed E-state index contributed by atoms with van der Waals surface area (Å²) in [5, 5.41) is 3.31. The Morgan fingerprint density at radius 1 is 1.22 bits per heavy atom. The van der Waals surface area contributed by atoms with Gasteiger partial charge in [0.2, 0.25) is 0 Å². The molecule has 0 saturated carbocycles. The van der Waals surface area contributed by atoms with E-state index in [1.54, 1.807) is 0 Å². The average molecular weight is 251 g/mol. The van der Waals surface area contributed by atoms with Crippen molar-refractivity contribution < 1.29 is 9.47 Å². The molecule has 0 amide bonds. The highest BCUT2D eigenvalue weighted by molar-refractivity contribution is 5.36. The van der Waals surface area contributed by atoms with Gasteiger partial charge in [-0.05, 0) is 33.4 Å². The summed E-state index contributed by atoms with van der Waals surface area (Å²) in [6.45, 7) is 7.68. The number of ether oxygens (including phenoxy) is 2. The Balaban J connectivity index is 2.89. The standard InChI is InChI=1S/C15H25NO2/c1-5-11-18-14-10-8-7-9-13(14)15(16-4)12(3)17-6-2/h7-10,12,15-16H,5-6,11H2,1-4H3. The van der Waals surface area contributed by atoms with E-state index in [0.717, 1.165) is 30.9 Å². The van der Waals surface area contributed by atoms with Gasteiger partial charge in [-0.1, -0.05) is 25.1 Å². The Labute approximate surface area is 110 Å². The minimum Gasteiger partial charge on any atom is -0.493 e. The van der Waals surface area contributed by atoms with E-state index in [0.29, 0.717) is 0 Å². The van der Waals surface area contributed by atoms with Crippen LogP contribution >= 0.6 is 0 Å². The van der Waals surface area contributed by atoms with Gasteiger partial charge >= 0.3 is 0 Å². The molecule has 0 spiro atoms. The highest BCUT2D eigenvalue weighted by atomic mass is 16.5. The molecule has 0 radical (unpaired) electrons. The summed E-state index contributed by atoms with van der Waals surface area (Å²) < 4.78 is 11.5. The van der Waals surface area contributed by atoms with Crippen LogP contribution in [0.4, 0.5) is 0 Å². The van der Waals surface area contributed by atoms with Crippen LogP contribution in [0.1, 0.15) is 38.8 Å². The van der Waals surface area contributed by atoms with Crippen molar-refractivity contribution in [3.05, 3.63) is 29.8 Å². The predicted molar refractivity (Wildman–Crippen MR) is 75.1 cm³/mol. The van der Waals surface area contributed by atoms with E-state index in [1.165, 1.54) is 0 Å². The maximum absolute atomic E-state index is 5.80. The monoisotopic (exact) mass is 251 g/mol. The molecule has 0 heterocycles. The van der Waals surface area contributed by atoms with Crippen LogP contribution < -0.4 is 10.1 Å². The third-order valence-electron chi connectivity index (χ3n) is 2.93. The summed E-state index contributed by atoms with van der Waals surface area (Å²) in [4.78, 5) is 0. The number of likely N-dealkylation sites (N-methyl/N-ethyl adjacent to an activating group) is 1. The predicted octanol–water partition coefficient (Wildman–Crippen LogP) is 3.16. The average Bonchev–Trinajstić information content (AvgIpc) is 2.39. The van der Waals surface area contributed by atoms with E-state index in [-0.39, 0.29) is 12.1 Å². The second-order valence-corrected chi connectivity index (χ2v) is 4.31. The molecule has 1 rings (SSSR count). The van der Waals surface area contributed by atoms with Crippen LogP contribution in [0.15, 0.2) is 24.3 Å². The summed E-state index contributed by atoms with van der Waals surface area (Å²) in [5.41, 5.74) is 1.16. The normalized spacial score (nSPS) is 14.2. The molecule has 0 aliphatic carbocycles. The van der Waals surface area contributed by atoms with Gasteiger partial charge in [0, 0.05) is 12.2 Å². The lowest BCUT2D eigenvalue weighted by molar-refractivity contribution is 0.0485. The molecule has 2 unspecified atom stereocenters. The van der Waals surface area contributed by atoms with Crippen LogP contribution in [0.2, 0.25) is 0 Å². The molecule has 3 nitrogen and oxygen atoms in total. The summed E-state index contributed by atoms with van der Waals surface area (Å²) >= 11 is 0. The fraction of sp³-hybridized carbons (Fsp3) is 0.600. The fourth-order valence-corrected chi connectivity index (χ4v) is 2.08. The molecule has 0 aliphatic heterocycles. The largest absolute Gasteiger partial charge is 0.493 e. The van der Waals surface area contributed by atoms with Crippen LogP contribution in [0, 0.1) is 0 Å². The van der Waals surface area contributed by atoms with Crippen molar-refractivity contribution >= 4 is 0 Å². The first-order valence-electron chi connectivity index (χ1n) is 6.75. The van der Waals surface area contributed by atoms with E-state index in [1.807, 2.05) is 32.2 Å². The summed E-state index contributed by atoms with van der Waals surface area (Å²) in [7, 11) is 1.96. The zero-order valence-corrected chi connectivity index (χ0v) is 11.9. The van der Waals surface area contributed by atoms with Crippen molar-refractivity contribution in [2.45, 2.75) is 39.3 Å². The molecule has 18 heavy (non-hydrogen) atoms. The Hall–Kier alpha value is -1.06. The molecule has 0 aromatic heterocycles. The van der Waals surface area contributed by atoms with Gasteiger partial charge in [0.15, 0.2) is 0 Å². The maximum atomic E-state index is 5.80. The molecule has 102 valence electrons. The number of nitrogens with one attached hydrogen (secondary N) is 1. The smallest absolute Gasteiger partial charge is 0.124 e. The Morgan fingerprint density at radius 2 is 1.94 bits per heavy atom. The molecule has 0 bridgehead atoms. The second kappa shape index (κ2) is 8.11. The molecule has 1 aromatic carbocycles. The zero-order valence-electron chi connectivity index (χ0n) is 11.9. The van der Waals surface area contributed by atoms with Crippen molar-refractivity contribution in [3.63, 3.8) is 0 Å². The molecule has 3 heteroatoms. The molecule has 0 fully saturated rings. The number of hydrogen-bond donors (Lipinski definition) is 1. The van der Waals surface area contributed by atoms with Gasteiger partial charge in [-0.25, -0.2) is 0 Å². The van der Waals surface area contributed by atoms with Crippen molar-refractivity contribution in [1.82, 2.24) is 5.32 Å². The van der Waals surface area contributed by atoms with E-state index < -0.39 is 0 Å². The van der Waals surface area contributed by atoms with Gasteiger partial charge in [0.25, 0.3) is 0 Å². The lowest BCUT2D eigenvalue weighted by Gasteiger charge is -2.25. The van der Waals surface area contributed by atoms with Crippen LogP contribution in [0.3, 0.4) is 0 Å². The topological polar surface area (TPSA) is 30.5 Å². The minimum atomic E-state index is 0.117. The Bertz CT molecular complexity index is 341. The molecule has 2 atom stereocenters. The number of benzene rings is 1. The Kier molecular flexibility index (Phi) is 6.76. The first-order valence-corrected chi connectivity index (χ1v) is 6.75. The number of hydrogen-bond acceptors (Lipinski definition) is 3. The molecule has 1 aromatic rings. The van der Waals surface area contributed by atoms with Crippen molar-refractivity contribution in [2.75, 3.05) is 20.3 Å². The summed E-state index contributed by atoms with van der Waals surface area (Å²) in [5.74, 6) is 0.949. The van der Waals surface area contributed by atoms with Gasteiger partial charge in [-0.15, -0.1) is 0 Å². The third kappa shape index (κ3) is 4.00. The maximum Gasteiger partial charge on any atom is 0.124 e. The zero-order chi connectivity index (χ0) is 13.4. The van der Waals surface area contributed by atoms with Crippen LogP contribution in [0.5, 0.6) is 5.75 Å². The molecule has 0 saturated heterocycles. The molecule has 1 N–H and O–H groups in total. The lowest BCUT2D eigenvalue weighted by atomic mass is 10.0. The van der Waals surface area contributed by atoms with Gasteiger partial charge in [-0.2, -0.15) is 0 Å². The second-order valence-electron chi connectivity index (χ2n) is 4.31. The lowest BCUT2D eigenvalue weighted by Crippen LogP contribution is -2.30. The highest BCUT2D eigenvalue weighted by Crippen LogP contribution is 2.28. The molecule has 0 aliphatic rings. The van der Waals surface area contributed by atoms with Crippen molar-refractivity contribution in [2.24, 2.45) is 0 Å². The van der Waals surface area contributed by atoms with Gasteiger partial charge in [0.1, 0.15) is 5.75 Å². The van der Waals surface area contributed by atoms with E-state index >= 15 is 0 Å². The van der Waals surface area contributed by atoms with Crippen LogP contribution in [-0.2, 0) is 4.74 Å². The SMILES string of the molecule is CCCOc1ccccc1C(NC)C(C)OCC. The number of para-hydroxylation sites is 1. The van der Waals surface area contributed by atoms with Gasteiger partial charge < -0.3 is 14.8 Å². The summed E-state index contributed by atoms with van der Waals surface area (Å²) in [6.07, 6.45) is 1.13. The summed E-state index contributed by atoms with van der Waals surface area (Å²) in [6, 6.07) is 8.32. The van der Waals surface area contributed by atoms with Crippen LogP contribution in [-0.4, -0.2) is 26.4 Å².